The average Bonchev–Trinajstić information content (AvgIpc) is 2.67. The number of halogens is 1. The van der Waals surface area contributed by atoms with Crippen molar-refractivity contribution in [3.8, 4) is 0 Å². The smallest absolute Gasteiger partial charge is 0.178 e. The Labute approximate surface area is 159 Å². The number of alkyl halides is 1. The van der Waals surface area contributed by atoms with E-state index in [0.29, 0.717) is 23.0 Å². The molecule has 5 nitrogen and oxygen atoms in total. The number of carbonyl (C=O) groups is 2. The SMILES string of the molecule is CCc1cc(CCl)nc(C(C)=O)c1.CCc1cc(CO)nc(C(C)=O)c1. The molecule has 2 heterocycles. The molecule has 0 amide bonds. The second kappa shape index (κ2) is 10.8. The monoisotopic (exact) mass is 376 g/mol. The van der Waals surface area contributed by atoms with Gasteiger partial charge in [-0.25, -0.2) is 9.97 Å². The van der Waals surface area contributed by atoms with Crippen molar-refractivity contribution in [1.82, 2.24) is 9.97 Å². The number of rotatable bonds is 6. The minimum Gasteiger partial charge on any atom is -0.390 e. The molecule has 0 fully saturated rings. The van der Waals surface area contributed by atoms with E-state index in [9.17, 15) is 9.59 Å². The average molecular weight is 377 g/mol. The highest BCUT2D eigenvalue weighted by molar-refractivity contribution is 6.16. The molecule has 0 aromatic carbocycles. The molecule has 0 unspecified atom stereocenters. The Hall–Kier alpha value is -2.11. The van der Waals surface area contributed by atoms with E-state index in [4.69, 9.17) is 16.7 Å². The van der Waals surface area contributed by atoms with Gasteiger partial charge in [0.1, 0.15) is 11.4 Å². The van der Waals surface area contributed by atoms with Gasteiger partial charge in [0.05, 0.1) is 23.9 Å². The quantitative estimate of drug-likeness (QED) is 0.610. The van der Waals surface area contributed by atoms with E-state index in [2.05, 4.69) is 9.97 Å². The molecule has 0 aliphatic carbocycles. The number of hydrogen-bond acceptors (Lipinski definition) is 5. The Morgan fingerprint density at radius 1 is 0.885 bits per heavy atom. The van der Waals surface area contributed by atoms with Gasteiger partial charge in [-0.3, -0.25) is 9.59 Å². The van der Waals surface area contributed by atoms with Crippen LogP contribution in [-0.4, -0.2) is 26.6 Å². The molecule has 0 aliphatic heterocycles. The molecule has 0 radical (unpaired) electrons. The molecular formula is C20H25ClN2O3. The van der Waals surface area contributed by atoms with Gasteiger partial charge in [0.25, 0.3) is 0 Å². The molecule has 26 heavy (non-hydrogen) atoms. The second-order valence-electron chi connectivity index (χ2n) is 5.82. The van der Waals surface area contributed by atoms with E-state index < -0.39 is 0 Å². The zero-order valence-corrected chi connectivity index (χ0v) is 16.4. The lowest BCUT2D eigenvalue weighted by molar-refractivity contribution is 0.1000. The first-order valence-electron chi connectivity index (χ1n) is 8.52. The fourth-order valence-corrected chi connectivity index (χ4v) is 2.36. The molecule has 2 rings (SSSR count). The summed E-state index contributed by atoms with van der Waals surface area (Å²) < 4.78 is 0. The van der Waals surface area contributed by atoms with Crippen molar-refractivity contribution in [3.63, 3.8) is 0 Å². The topological polar surface area (TPSA) is 80.2 Å². The van der Waals surface area contributed by atoms with E-state index in [1.54, 1.807) is 6.07 Å². The van der Waals surface area contributed by atoms with Crippen LogP contribution in [0.15, 0.2) is 24.3 Å². The highest BCUT2D eigenvalue weighted by Crippen LogP contribution is 2.10. The molecule has 0 bridgehead atoms. The zero-order valence-electron chi connectivity index (χ0n) is 15.7. The van der Waals surface area contributed by atoms with Crippen LogP contribution in [0.3, 0.4) is 0 Å². The third-order valence-corrected chi connectivity index (χ3v) is 3.99. The predicted octanol–water partition coefficient (Wildman–Crippen LogP) is 3.92. The van der Waals surface area contributed by atoms with Crippen LogP contribution in [0, 0.1) is 0 Å². The van der Waals surface area contributed by atoms with Gasteiger partial charge in [0.15, 0.2) is 11.6 Å². The van der Waals surface area contributed by atoms with E-state index in [1.807, 2.05) is 32.0 Å². The molecule has 2 aromatic heterocycles. The molecular weight excluding hydrogens is 352 g/mol. The predicted molar refractivity (Wildman–Crippen MR) is 103 cm³/mol. The van der Waals surface area contributed by atoms with Crippen molar-refractivity contribution < 1.29 is 14.7 Å². The van der Waals surface area contributed by atoms with E-state index in [1.165, 1.54) is 13.8 Å². The summed E-state index contributed by atoms with van der Waals surface area (Å²) in [6.45, 7) is 6.91. The van der Waals surface area contributed by atoms with Crippen molar-refractivity contribution in [1.29, 1.82) is 0 Å². The molecule has 0 saturated heterocycles. The number of aliphatic hydroxyl groups is 1. The third kappa shape index (κ3) is 6.65. The number of nitrogens with zero attached hydrogens (tertiary/aromatic N) is 2. The largest absolute Gasteiger partial charge is 0.390 e. The lowest BCUT2D eigenvalue weighted by Gasteiger charge is -2.03. The van der Waals surface area contributed by atoms with Crippen LogP contribution >= 0.6 is 11.6 Å². The molecule has 1 N–H and O–H groups in total. The summed E-state index contributed by atoms with van der Waals surface area (Å²) in [6, 6.07) is 7.33. The van der Waals surface area contributed by atoms with E-state index >= 15 is 0 Å². The van der Waals surface area contributed by atoms with Crippen molar-refractivity contribution >= 4 is 23.2 Å². The molecule has 2 aromatic rings. The summed E-state index contributed by atoms with van der Waals surface area (Å²) >= 11 is 5.66. The van der Waals surface area contributed by atoms with Crippen LogP contribution in [0.4, 0.5) is 0 Å². The summed E-state index contributed by atoms with van der Waals surface area (Å²) in [5.74, 6) is 0.278. The first-order chi connectivity index (χ1) is 12.3. The standard InChI is InChI=1S/C10H12ClNO.C10H13NO2/c1-3-8-4-9(6-11)12-10(5-8)7(2)13;1-3-8-4-9(6-12)11-10(5-8)7(2)13/h4-5H,3,6H2,1-2H3;4-5,12H,3,6H2,1-2H3. The Balaban J connectivity index is 0.000000260. The molecule has 0 atom stereocenters. The summed E-state index contributed by atoms with van der Waals surface area (Å²) in [5, 5.41) is 8.89. The highest BCUT2D eigenvalue weighted by Gasteiger charge is 2.05. The summed E-state index contributed by atoms with van der Waals surface area (Å²) in [6.07, 6.45) is 1.74. The first kappa shape index (κ1) is 21.9. The second-order valence-corrected chi connectivity index (χ2v) is 6.08. The van der Waals surface area contributed by atoms with Crippen molar-refractivity contribution in [2.75, 3.05) is 0 Å². The Morgan fingerprint density at radius 3 is 1.65 bits per heavy atom. The number of carbonyl (C=O) groups excluding carboxylic acids is 2. The van der Waals surface area contributed by atoms with Gasteiger partial charge >= 0.3 is 0 Å². The number of ketones is 2. The number of pyridine rings is 2. The summed E-state index contributed by atoms with van der Waals surface area (Å²) in [5.41, 5.74) is 4.41. The van der Waals surface area contributed by atoms with Crippen molar-refractivity contribution in [2.45, 2.75) is 53.0 Å². The van der Waals surface area contributed by atoms with Gasteiger partial charge in [-0.15, -0.1) is 11.6 Å². The number of aryl methyl sites for hydroxylation is 2. The molecule has 0 saturated carbocycles. The Morgan fingerprint density at radius 2 is 1.31 bits per heavy atom. The number of aliphatic hydroxyl groups excluding tert-OH is 1. The lowest BCUT2D eigenvalue weighted by Crippen LogP contribution is -2.02. The maximum Gasteiger partial charge on any atom is 0.178 e. The van der Waals surface area contributed by atoms with Crippen molar-refractivity contribution in [3.05, 3.63) is 58.2 Å². The van der Waals surface area contributed by atoms with Crippen molar-refractivity contribution in [2.24, 2.45) is 0 Å². The molecule has 0 spiro atoms. The zero-order chi connectivity index (χ0) is 19.7. The Bertz CT molecular complexity index is 666. The number of Topliss-reactive ketones (excluding diaryl/α,β-unsaturated/α-hetero) is 2. The van der Waals surface area contributed by atoms with Gasteiger partial charge in [0, 0.05) is 13.8 Å². The maximum atomic E-state index is 11.1. The third-order valence-electron chi connectivity index (χ3n) is 3.71. The molecule has 140 valence electrons. The number of hydrogen-bond donors (Lipinski definition) is 1. The van der Waals surface area contributed by atoms with Crippen LogP contribution in [-0.2, 0) is 25.3 Å². The van der Waals surface area contributed by atoms with Gasteiger partial charge in [-0.05, 0) is 48.2 Å². The van der Waals surface area contributed by atoms with Gasteiger partial charge in [-0.1, -0.05) is 13.8 Å². The lowest BCUT2D eigenvalue weighted by atomic mass is 10.1. The molecule has 0 aliphatic rings. The number of aromatic nitrogens is 2. The van der Waals surface area contributed by atoms with Gasteiger partial charge in [0.2, 0.25) is 0 Å². The van der Waals surface area contributed by atoms with Crippen LogP contribution in [0.2, 0.25) is 0 Å². The minimum atomic E-state index is -0.117. The molecule has 6 heteroatoms. The van der Waals surface area contributed by atoms with Crippen LogP contribution in [0.25, 0.3) is 0 Å². The van der Waals surface area contributed by atoms with E-state index in [0.717, 1.165) is 29.7 Å². The first-order valence-corrected chi connectivity index (χ1v) is 9.06. The minimum absolute atomic E-state index is 0.0123. The van der Waals surface area contributed by atoms with Crippen LogP contribution in [0.5, 0.6) is 0 Å². The normalized spacial score (nSPS) is 10.1. The van der Waals surface area contributed by atoms with Crippen LogP contribution in [0.1, 0.15) is 71.2 Å². The van der Waals surface area contributed by atoms with E-state index in [-0.39, 0.29) is 18.2 Å². The fourth-order valence-electron chi connectivity index (χ4n) is 2.22. The maximum absolute atomic E-state index is 11.1. The fraction of sp³-hybridized carbons (Fsp3) is 0.400. The summed E-state index contributed by atoms with van der Waals surface area (Å²) in [4.78, 5) is 30.2. The Kier molecular flexibility index (Phi) is 9.10. The highest BCUT2D eigenvalue weighted by atomic mass is 35.5. The van der Waals surface area contributed by atoms with Crippen LogP contribution < -0.4 is 0 Å². The van der Waals surface area contributed by atoms with Gasteiger partial charge in [-0.2, -0.15) is 0 Å². The summed E-state index contributed by atoms with van der Waals surface area (Å²) in [7, 11) is 0. The van der Waals surface area contributed by atoms with Gasteiger partial charge < -0.3 is 5.11 Å².